The smallest absolute Gasteiger partial charge is 0.269 e. The number of benzene rings is 1. The molecule has 3 rings (SSSR count). The summed E-state index contributed by atoms with van der Waals surface area (Å²) in [4.78, 5) is 10.2. The highest BCUT2D eigenvalue weighted by Gasteiger charge is 2.49. The summed E-state index contributed by atoms with van der Waals surface area (Å²) in [5, 5.41) is 30.7. The first-order chi connectivity index (χ1) is 11.0. The van der Waals surface area contributed by atoms with E-state index in [1.54, 1.807) is 0 Å². The Balaban J connectivity index is 1.74. The second-order valence-corrected chi connectivity index (χ2v) is 5.37. The van der Waals surface area contributed by atoms with Gasteiger partial charge in [-0.05, 0) is 12.1 Å². The molecule has 2 aliphatic rings. The van der Waals surface area contributed by atoms with E-state index >= 15 is 0 Å². The number of fused-ring (bicyclic) bond motifs is 1. The zero-order chi connectivity index (χ0) is 16.6. The minimum Gasteiger partial charge on any atom is -0.387 e. The van der Waals surface area contributed by atoms with Crippen LogP contribution in [0.5, 0.6) is 0 Å². The monoisotopic (exact) mass is 327 g/mol. The van der Waals surface area contributed by atoms with Gasteiger partial charge in [0.15, 0.2) is 12.6 Å². The Kier molecular flexibility index (Phi) is 4.57. The van der Waals surface area contributed by atoms with Gasteiger partial charge in [-0.15, -0.1) is 0 Å². The highest BCUT2D eigenvalue weighted by Crippen LogP contribution is 2.34. The van der Waals surface area contributed by atoms with Gasteiger partial charge >= 0.3 is 0 Å². The molecule has 23 heavy (non-hydrogen) atoms. The van der Waals surface area contributed by atoms with Crippen molar-refractivity contribution in [2.45, 2.75) is 37.0 Å². The maximum Gasteiger partial charge on any atom is 0.269 e. The van der Waals surface area contributed by atoms with E-state index < -0.39 is 41.9 Å². The summed E-state index contributed by atoms with van der Waals surface area (Å²) in [6.07, 6.45) is -5.43. The summed E-state index contributed by atoms with van der Waals surface area (Å²) in [5.74, 6) is 0. The summed E-state index contributed by atoms with van der Waals surface area (Å²) in [7, 11) is 1.36. The Morgan fingerprint density at radius 3 is 2.57 bits per heavy atom. The maximum absolute atomic E-state index is 10.7. The average Bonchev–Trinajstić information content (AvgIpc) is 2.55. The molecule has 0 radical (unpaired) electrons. The lowest BCUT2D eigenvalue weighted by Crippen LogP contribution is -2.62. The van der Waals surface area contributed by atoms with Gasteiger partial charge in [-0.1, -0.05) is 0 Å². The van der Waals surface area contributed by atoms with Gasteiger partial charge in [0.05, 0.1) is 11.5 Å². The van der Waals surface area contributed by atoms with Gasteiger partial charge in [-0.2, -0.15) is 0 Å². The van der Waals surface area contributed by atoms with Crippen molar-refractivity contribution in [3.05, 3.63) is 39.9 Å². The van der Waals surface area contributed by atoms with Gasteiger partial charge < -0.3 is 29.2 Å². The number of aliphatic hydroxyl groups is 2. The van der Waals surface area contributed by atoms with E-state index in [4.69, 9.17) is 18.9 Å². The SMILES string of the molecule is CO[C@@H]1[C@@H](O)[C@H]2OC(c3ccc([N+](=O)[O-])cc3)OC[C@H]2O[C@@H]1O. The molecule has 126 valence electrons. The van der Waals surface area contributed by atoms with E-state index in [2.05, 4.69) is 0 Å². The molecule has 0 aromatic heterocycles. The minimum absolute atomic E-state index is 0.0361. The van der Waals surface area contributed by atoms with E-state index in [9.17, 15) is 20.3 Å². The first kappa shape index (κ1) is 16.2. The Hall–Kier alpha value is -1.62. The molecular formula is C14H17NO8. The zero-order valence-corrected chi connectivity index (χ0v) is 12.3. The van der Waals surface area contributed by atoms with Gasteiger partial charge in [-0.3, -0.25) is 10.1 Å². The van der Waals surface area contributed by atoms with Gasteiger partial charge in [0, 0.05) is 24.8 Å². The molecule has 6 atom stereocenters. The predicted octanol–water partition coefficient (Wildman–Crippen LogP) is 0.102. The fourth-order valence-corrected chi connectivity index (χ4v) is 2.76. The molecule has 0 spiro atoms. The minimum atomic E-state index is -1.26. The number of hydrogen-bond donors (Lipinski definition) is 2. The fourth-order valence-electron chi connectivity index (χ4n) is 2.76. The van der Waals surface area contributed by atoms with Crippen LogP contribution in [0.2, 0.25) is 0 Å². The Morgan fingerprint density at radius 1 is 1.26 bits per heavy atom. The Labute approximate surface area is 131 Å². The highest BCUT2D eigenvalue weighted by atomic mass is 16.7. The third-order valence-corrected chi connectivity index (χ3v) is 3.98. The van der Waals surface area contributed by atoms with E-state index in [1.807, 2.05) is 0 Å². The topological polar surface area (TPSA) is 121 Å². The van der Waals surface area contributed by atoms with Crippen molar-refractivity contribution >= 4 is 5.69 Å². The van der Waals surface area contributed by atoms with Crippen molar-refractivity contribution in [2.24, 2.45) is 0 Å². The number of nitro groups is 1. The molecule has 2 fully saturated rings. The van der Waals surface area contributed by atoms with Crippen molar-refractivity contribution in [2.75, 3.05) is 13.7 Å². The second-order valence-electron chi connectivity index (χ2n) is 5.37. The molecule has 2 heterocycles. The summed E-state index contributed by atoms with van der Waals surface area (Å²) >= 11 is 0. The lowest BCUT2D eigenvalue weighted by atomic mass is 9.98. The van der Waals surface area contributed by atoms with Crippen LogP contribution in [0.4, 0.5) is 5.69 Å². The third-order valence-electron chi connectivity index (χ3n) is 3.98. The molecule has 2 saturated heterocycles. The molecule has 0 amide bonds. The number of rotatable bonds is 3. The van der Waals surface area contributed by atoms with Crippen LogP contribution in [-0.4, -0.2) is 59.6 Å². The number of nitro benzene ring substituents is 1. The number of methoxy groups -OCH3 is 1. The zero-order valence-electron chi connectivity index (χ0n) is 12.3. The van der Waals surface area contributed by atoms with E-state index in [0.717, 1.165) is 0 Å². The number of aliphatic hydroxyl groups excluding tert-OH is 2. The largest absolute Gasteiger partial charge is 0.387 e. The van der Waals surface area contributed by atoms with Crippen LogP contribution >= 0.6 is 0 Å². The maximum atomic E-state index is 10.7. The second kappa shape index (κ2) is 6.48. The molecule has 1 aromatic rings. The molecule has 9 nitrogen and oxygen atoms in total. The molecule has 2 aliphatic heterocycles. The van der Waals surface area contributed by atoms with Crippen LogP contribution in [0.15, 0.2) is 24.3 Å². The van der Waals surface area contributed by atoms with Crippen molar-refractivity contribution in [1.82, 2.24) is 0 Å². The molecule has 0 aliphatic carbocycles. The van der Waals surface area contributed by atoms with Gasteiger partial charge in [0.1, 0.15) is 24.4 Å². The van der Waals surface area contributed by atoms with Crippen molar-refractivity contribution < 1.29 is 34.1 Å². The molecule has 9 heteroatoms. The van der Waals surface area contributed by atoms with Crippen molar-refractivity contribution in [3.63, 3.8) is 0 Å². The first-order valence-corrected chi connectivity index (χ1v) is 7.07. The standard InChI is InChI=1S/C14H17NO8/c1-20-12-10(16)11-9(22-13(12)17)6-21-14(23-11)7-2-4-8(5-3-7)15(18)19/h2-5,9-14,16-17H,6H2,1H3/t9-,10+,11+,12-,13+,14?/m1/s1. The summed E-state index contributed by atoms with van der Waals surface area (Å²) in [5.41, 5.74) is 0.548. The first-order valence-electron chi connectivity index (χ1n) is 7.07. The quantitative estimate of drug-likeness (QED) is 0.592. The number of hydrogen-bond acceptors (Lipinski definition) is 8. The Morgan fingerprint density at radius 2 is 1.96 bits per heavy atom. The van der Waals surface area contributed by atoms with Crippen LogP contribution in [0.1, 0.15) is 11.9 Å². The van der Waals surface area contributed by atoms with Crippen LogP contribution in [-0.2, 0) is 18.9 Å². The van der Waals surface area contributed by atoms with E-state index in [0.29, 0.717) is 5.56 Å². The van der Waals surface area contributed by atoms with Gasteiger partial charge in [0.25, 0.3) is 5.69 Å². The van der Waals surface area contributed by atoms with Crippen LogP contribution in [0.25, 0.3) is 0 Å². The number of ether oxygens (including phenoxy) is 4. The van der Waals surface area contributed by atoms with Crippen molar-refractivity contribution in [3.8, 4) is 0 Å². The summed E-state index contributed by atoms with van der Waals surface area (Å²) in [6, 6.07) is 5.76. The van der Waals surface area contributed by atoms with Crippen LogP contribution in [0, 0.1) is 10.1 Å². The molecule has 1 aromatic carbocycles. The summed E-state index contributed by atoms with van der Waals surface area (Å²) < 4.78 is 21.6. The molecular weight excluding hydrogens is 310 g/mol. The molecule has 0 saturated carbocycles. The van der Waals surface area contributed by atoms with Gasteiger partial charge in [0.2, 0.25) is 0 Å². The highest BCUT2D eigenvalue weighted by molar-refractivity contribution is 5.33. The number of non-ortho nitro benzene ring substituents is 1. The average molecular weight is 327 g/mol. The van der Waals surface area contributed by atoms with E-state index in [1.165, 1.54) is 31.4 Å². The predicted molar refractivity (Wildman–Crippen MR) is 74.3 cm³/mol. The fraction of sp³-hybridized carbons (Fsp3) is 0.571. The number of nitrogens with zero attached hydrogens (tertiary/aromatic N) is 1. The van der Waals surface area contributed by atoms with Crippen LogP contribution in [0.3, 0.4) is 0 Å². The lowest BCUT2D eigenvalue weighted by molar-refractivity contribution is -0.385. The Bertz CT molecular complexity index is 564. The van der Waals surface area contributed by atoms with E-state index in [-0.39, 0.29) is 12.3 Å². The van der Waals surface area contributed by atoms with Crippen molar-refractivity contribution in [1.29, 1.82) is 0 Å². The normalized spacial score (nSPS) is 37.2. The molecule has 2 N–H and O–H groups in total. The van der Waals surface area contributed by atoms with Crippen LogP contribution < -0.4 is 0 Å². The lowest BCUT2D eigenvalue weighted by Gasteiger charge is -2.46. The molecule has 1 unspecified atom stereocenters. The summed E-state index contributed by atoms with van der Waals surface area (Å²) in [6.45, 7) is 0.108. The van der Waals surface area contributed by atoms with Gasteiger partial charge in [-0.25, -0.2) is 0 Å². The molecule has 0 bridgehead atoms. The third kappa shape index (κ3) is 3.07.